The lowest BCUT2D eigenvalue weighted by atomic mass is 9.52. The minimum absolute atomic E-state index is 0.0232. The fourth-order valence-corrected chi connectivity index (χ4v) is 7.22. The second kappa shape index (κ2) is 11.3. The van der Waals surface area contributed by atoms with E-state index in [0.29, 0.717) is 17.7 Å². The summed E-state index contributed by atoms with van der Waals surface area (Å²) in [7, 11) is 6.69. The number of aliphatic hydroxyl groups is 1. The van der Waals surface area contributed by atoms with Gasteiger partial charge in [0.1, 0.15) is 5.75 Å². The molecule has 2 saturated carbocycles. The number of nitrogens with zero attached hydrogens (tertiary/aromatic N) is 2. The van der Waals surface area contributed by atoms with Crippen LogP contribution in [0.3, 0.4) is 0 Å². The highest BCUT2D eigenvalue weighted by Gasteiger charge is 2.69. The number of phenolic OH excluding ortho intramolecular Hbond substituents is 1. The van der Waals surface area contributed by atoms with Gasteiger partial charge in [-0.1, -0.05) is 30.3 Å². The Morgan fingerprint density at radius 1 is 1.00 bits per heavy atom. The van der Waals surface area contributed by atoms with Crippen LogP contribution in [0.4, 0.5) is 0 Å². The van der Waals surface area contributed by atoms with E-state index in [1.807, 2.05) is 24.3 Å². The van der Waals surface area contributed by atoms with E-state index in [2.05, 4.69) is 5.32 Å². The van der Waals surface area contributed by atoms with Crippen LogP contribution in [-0.2, 0) is 36.9 Å². The first-order chi connectivity index (χ1) is 20.7. The van der Waals surface area contributed by atoms with Crippen molar-refractivity contribution in [3.05, 3.63) is 53.1 Å². The molecule has 0 bridgehead atoms. The zero-order chi connectivity index (χ0) is 32.2. The van der Waals surface area contributed by atoms with Crippen LogP contribution in [0, 0.1) is 23.7 Å². The van der Waals surface area contributed by atoms with Crippen molar-refractivity contribution in [3.63, 3.8) is 0 Å². The largest absolute Gasteiger partial charge is 0.507 e. The molecular weight excluding hydrogens is 568 g/mol. The molecule has 5 N–H and O–H groups in total. The average molecular weight is 605 g/mol. The lowest BCUT2D eigenvalue weighted by Crippen LogP contribution is -2.74. The molecule has 6 atom stereocenters. The number of primary amides is 1. The van der Waals surface area contributed by atoms with E-state index in [9.17, 15) is 39.0 Å². The molecule has 3 aliphatic rings. The predicted molar refractivity (Wildman–Crippen MR) is 157 cm³/mol. The number of ketones is 4. The molecule has 0 aliphatic heterocycles. The number of Topliss-reactive ketones (excluding diaryl/α,β-unsaturated/α-hetero) is 4. The number of nitrogens with two attached hydrogens (primary N) is 1. The molecule has 5 rings (SSSR count). The lowest BCUT2D eigenvalue weighted by molar-refractivity contribution is -0.181. The minimum Gasteiger partial charge on any atom is -0.507 e. The Bertz CT molecular complexity index is 1580. The fourth-order valence-electron chi connectivity index (χ4n) is 7.22. The number of phenols is 1. The Kier molecular flexibility index (Phi) is 8.04. The first-order valence-corrected chi connectivity index (χ1v) is 14.4. The standard InChI is InChI=1S/C32H36N4O8/c1-35(2)14-22(38)34-13-15-5-7-16(8-6-15)18-9-10-21(37)24-19(18)11-17-12-20-26(36(3)4)28(40)25(31(33)43)30(42)32(20,44)29(41)23(17)27(24)39/h5-10,17,20,23,25-26,37,44H,11-14H2,1-4H3,(H2,33,43)(H,34,38)/t17-,20-,23?,25?,26+,32-/m0/s1. The SMILES string of the molecule is CN(C)CC(=O)NCc1ccc(-c2ccc(O)c3c2C[C@H]2C[C@H]4[C@@H](N(C)C)C(=O)C(C(N)=O)C(=O)[C@@]4(O)C(=O)C2C3=O)cc1. The number of hydrogen-bond donors (Lipinski definition) is 4. The van der Waals surface area contributed by atoms with Crippen molar-refractivity contribution < 1.29 is 39.0 Å². The average Bonchev–Trinajstić information content (AvgIpc) is 2.93. The predicted octanol–water partition coefficient (Wildman–Crippen LogP) is -0.288. The van der Waals surface area contributed by atoms with E-state index in [1.54, 1.807) is 39.2 Å². The first-order valence-electron chi connectivity index (χ1n) is 14.4. The Labute approximate surface area is 254 Å². The summed E-state index contributed by atoms with van der Waals surface area (Å²) in [5.41, 5.74) is 5.33. The second-order valence-electron chi connectivity index (χ2n) is 12.5. The van der Waals surface area contributed by atoms with Gasteiger partial charge in [0.25, 0.3) is 0 Å². The topological polar surface area (TPSA) is 187 Å². The third kappa shape index (κ3) is 4.92. The van der Waals surface area contributed by atoms with Gasteiger partial charge in [-0.25, -0.2) is 0 Å². The van der Waals surface area contributed by atoms with Gasteiger partial charge in [0.05, 0.1) is 24.1 Å². The number of fused-ring (bicyclic) bond motifs is 3. The third-order valence-electron chi connectivity index (χ3n) is 9.16. The van der Waals surface area contributed by atoms with Gasteiger partial charge < -0.3 is 26.2 Å². The summed E-state index contributed by atoms with van der Waals surface area (Å²) < 4.78 is 0. The molecule has 3 aliphatic carbocycles. The summed E-state index contributed by atoms with van der Waals surface area (Å²) in [4.78, 5) is 82.0. The van der Waals surface area contributed by atoms with Crippen LogP contribution in [0.15, 0.2) is 36.4 Å². The number of nitrogens with one attached hydrogen (secondary N) is 1. The summed E-state index contributed by atoms with van der Waals surface area (Å²) in [5, 5.41) is 25.4. The maximum absolute atomic E-state index is 14.0. The zero-order valence-corrected chi connectivity index (χ0v) is 25.0. The molecule has 2 fully saturated rings. The summed E-state index contributed by atoms with van der Waals surface area (Å²) in [6.07, 6.45) is 0.141. The molecule has 0 saturated heterocycles. The molecule has 2 aromatic carbocycles. The van der Waals surface area contributed by atoms with Crippen molar-refractivity contribution in [2.24, 2.45) is 29.4 Å². The van der Waals surface area contributed by atoms with Crippen LogP contribution in [0.1, 0.15) is 27.9 Å². The van der Waals surface area contributed by atoms with Gasteiger partial charge in [0.2, 0.25) is 11.8 Å². The van der Waals surface area contributed by atoms with E-state index in [1.165, 1.54) is 11.0 Å². The van der Waals surface area contributed by atoms with Gasteiger partial charge in [-0.3, -0.25) is 33.7 Å². The molecule has 2 amide bonds. The maximum atomic E-state index is 14.0. The maximum Gasteiger partial charge on any atom is 0.235 e. The zero-order valence-electron chi connectivity index (χ0n) is 25.0. The van der Waals surface area contributed by atoms with Gasteiger partial charge in [-0.05, 0) is 75.3 Å². The van der Waals surface area contributed by atoms with Crippen molar-refractivity contribution in [2.75, 3.05) is 34.7 Å². The quantitative estimate of drug-likeness (QED) is 0.306. The van der Waals surface area contributed by atoms with Crippen molar-refractivity contribution >= 4 is 34.9 Å². The highest BCUT2D eigenvalue weighted by Crippen LogP contribution is 2.51. The van der Waals surface area contributed by atoms with E-state index in [-0.39, 0.29) is 36.6 Å². The van der Waals surface area contributed by atoms with Crippen LogP contribution in [0.25, 0.3) is 11.1 Å². The molecule has 0 heterocycles. The summed E-state index contributed by atoms with van der Waals surface area (Å²) >= 11 is 0. The summed E-state index contributed by atoms with van der Waals surface area (Å²) in [6, 6.07) is 9.26. The number of rotatable bonds is 7. The first kappa shape index (κ1) is 31.2. The number of hydrogen-bond acceptors (Lipinski definition) is 10. The van der Waals surface area contributed by atoms with Crippen molar-refractivity contribution in [1.82, 2.24) is 15.1 Å². The van der Waals surface area contributed by atoms with Gasteiger partial charge in [-0.2, -0.15) is 0 Å². The number of carbonyl (C=O) groups excluding carboxylic acids is 6. The van der Waals surface area contributed by atoms with E-state index in [0.717, 1.165) is 11.1 Å². The monoisotopic (exact) mass is 604 g/mol. The lowest BCUT2D eigenvalue weighted by Gasteiger charge is -2.52. The Hall–Kier alpha value is -4.26. The Morgan fingerprint density at radius 3 is 2.25 bits per heavy atom. The molecule has 232 valence electrons. The molecular formula is C32H36N4O8. The molecule has 2 aromatic rings. The van der Waals surface area contributed by atoms with Gasteiger partial charge in [0, 0.05) is 12.5 Å². The molecule has 2 unspecified atom stereocenters. The molecule has 0 radical (unpaired) electrons. The Morgan fingerprint density at radius 2 is 1.66 bits per heavy atom. The molecule has 44 heavy (non-hydrogen) atoms. The van der Waals surface area contributed by atoms with Crippen LogP contribution in [-0.4, -0.2) is 101 Å². The van der Waals surface area contributed by atoms with Gasteiger partial charge in [0.15, 0.2) is 34.7 Å². The third-order valence-corrected chi connectivity index (χ3v) is 9.16. The van der Waals surface area contributed by atoms with E-state index in [4.69, 9.17) is 5.73 Å². The highest BCUT2D eigenvalue weighted by molar-refractivity contribution is 6.32. The number of amides is 2. The van der Waals surface area contributed by atoms with Crippen molar-refractivity contribution in [1.29, 1.82) is 0 Å². The smallest absolute Gasteiger partial charge is 0.235 e. The number of benzene rings is 2. The fraction of sp³-hybridized carbons (Fsp3) is 0.438. The minimum atomic E-state index is -2.76. The van der Waals surface area contributed by atoms with E-state index >= 15 is 0 Å². The van der Waals surface area contributed by atoms with Crippen LogP contribution in [0.5, 0.6) is 5.75 Å². The molecule has 0 spiro atoms. The Balaban J connectivity index is 1.51. The van der Waals surface area contributed by atoms with Crippen LogP contribution >= 0.6 is 0 Å². The highest BCUT2D eigenvalue weighted by atomic mass is 16.3. The van der Waals surface area contributed by atoms with Crippen LogP contribution in [0.2, 0.25) is 0 Å². The van der Waals surface area contributed by atoms with Gasteiger partial charge >= 0.3 is 0 Å². The van der Waals surface area contributed by atoms with E-state index < -0.39 is 64.4 Å². The molecule has 12 nitrogen and oxygen atoms in total. The molecule has 12 heteroatoms. The van der Waals surface area contributed by atoms with Gasteiger partial charge in [-0.15, -0.1) is 0 Å². The number of aromatic hydroxyl groups is 1. The second-order valence-corrected chi connectivity index (χ2v) is 12.5. The van der Waals surface area contributed by atoms with Crippen molar-refractivity contribution in [3.8, 4) is 16.9 Å². The summed E-state index contributed by atoms with van der Waals surface area (Å²) in [5.74, 6) is -10.9. The molecule has 0 aromatic heterocycles. The van der Waals surface area contributed by atoms with Crippen LogP contribution < -0.4 is 11.1 Å². The summed E-state index contributed by atoms with van der Waals surface area (Å²) in [6.45, 7) is 0.592. The number of carbonyl (C=O) groups is 6. The number of likely N-dealkylation sites (N-methyl/N-ethyl adjacent to an activating group) is 2. The van der Waals surface area contributed by atoms with Crippen molar-refractivity contribution in [2.45, 2.75) is 31.0 Å². The normalized spacial score (nSPS) is 28.0.